The molecule has 0 bridgehead atoms. The number of hydrogen-bond donors (Lipinski definition) is 3. The van der Waals surface area contributed by atoms with Crippen molar-refractivity contribution in [3.05, 3.63) is 0 Å². The average Bonchev–Trinajstić information content (AvgIpc) is 2.12. The minimum Gasteiger partial charge on any atom is -0.480 e. The molecule has 0 aliphatic carbocycles. The average molecular weight is 248 g/mol. The van der Waals surface area contributed by atoms with Gasteiger partial charge < -0.3 is 15.7 Å². The van der Waals surface area contributed by atoms with Crippen LogP contribution in [-0.2, 0) is 4.79 Å². The van der Waals surface area contributed by atoms with Crippen LogP contribution in [0.25, 0.3) is 0 Å². The highest BCUT2D eigenvalue weighted by Crippen LogP contribution is 2.19. The lowest BCUT2D eigenvalue weighted by molar-refractivity contribution is -0.141. The van der Waals surface area contributed by atoms with Gasteiger partial charge in [0, 0.05) is 12.3 Å². The van der Waals surface area contributed by atoms with Crippen molar-refractivity contribution < 1.29 is 14.7 Å². The number of carbonyl (C=O) groups is 2. The summed E-state index contributed by atoms with van der Waals surface area (Å²) in [6.45, 7) is 5.85. The smallest absolute Gasteiger partial charge is 0.326 e. The van der Waals surface area contributed by atoms with Crippen molar-refractivity contribution in [3.8, 4) is 0 Å². The van der Waals surface area contributed by atoms with Crippen LogP contribution in [0.1, 0.15) is 20.8 Å². The molecule has 94 valence electrons. The van der Waals surface area contributed by atoms with Gasteiger partial charge in [-0.3, -0.25) is 0 Å². The number of carboxylic acid groups (broad SMARTS) is 1. The molecule has 0 aromatic rings. The summed E-state index contributed by atoms with van der Waals surface area (Å²) in [5.41, 5.74) is -0.511. The molecular formula is C10H20N2O3S. The molecule has 0 radical (unpaired) electrons. The van der Waals surface area contributed by atoms with Crippen LogP contribution in [0.15, 0.2) is 0 Å². The quantitative estimate of drug-likeness (QED) is 0.638. The summed E-state index contributed by atoms with van der Waals surface area (Å²) >= 11 is 1.62. The van der Waals surface area contributed by atoms with E-state index in [1.54, 1.807) is 32.5 Å². The Hall–Kier alpha value is -0.910. The van der Waals surface area contributed by atoms with Crippen molar-refractivity contribution in [1.29, 1.82) is 0 Å². The molecule has 0 saturated heterocycles. The first-order chi connectivity index (χ1) is 7.29. The van der Waals surface area contributed by atoms with Gasteiger partial charge in [0.2, 0.25) is 0 Å². The molecule has 16 heavy (non-hydrogen) atoms. The van der Waals surface area contributed by atoms with E-state index in [9.17, 15) is 9.59 Å². The molecule has 2 amide bonds. The lowest BCUT2D eigenvalue weighted by Gasteiger charge is -2.27. The van der Waals surface area contributed by atoms with Crippen LogP contribution in [0, 0.1) is 5.41 Å². The number of aliphatic carboxylic acids is 1. The molecule has 0 aliphatic heterocycles. The second kappa shape index (κ2) is 6.62. The molecule has 0 saturated carbocycles. The van der Waals surface area contributed by atoms with Crippen LogP contribution in [-0.4, -0.2) is 41.7 Å². The fraction of sp³-hybridized carbons (Fsp3) is 0.800. The third-order valence-electron chi connectivity index (χ3n) is 1.98. The zero-order chi connectivity index (χ0) is 12.8. The predicted octanol–water partition coefficient (Wildman–Crippen LogP) is 1.15. The molecule has 3 N–H and O–H groups in total. The van der Waals surface area contributed by atoms with Gasteiger partial charge in [-0.25, -0.2) is 9.59 Å². The summed E-state index contributed by atoms with van der Waals surface area (Å²) in [7, 11) is 0. The van der Waals surface area contributed by atoms with E-state index < -0.39 is 23.5 Å². The van der Waals surface area contributed by atoms with E-state index in [-0.39, 0.29) is 0 Å². The Kier molecular flexibility index (Phi) is 6.25. The summed E-state index contributed by atoms with van der Waals surface area (Å²) in [5.74, 6) is -0.215. The number of hydrogen-bond acceptors (Lipinski definition) is 3. The van der Waals surface area contributed by atoms with E-state index in [2.05, 4.69) is 10.6 Å². The first kappa shape index (κ1) is 15.1. The maximum absolute atomic E-state index is 11.4. The first-order valence-corrected chi connectivity index (χ1v) is 6.44. The third kappa shape index (κ3) is 5.85. The summed E-state index contributed by atoms with van der Waals surface area (Å²) in [6, 6.07) is -1.32. The maximum atomic E-state index is 11.4. The number of urea groups is 1. The van der Waals surface area contributed by atoms with Gasteiger partial charge in [-0.15, -0.1) is 0 Å². The molecule has 1 atom stereocenters. The van der Waals surface area contributed by atoms with Crippen LogP contribution in [0.3, 0.4) is 0 Å². The number of carbonyl (C=O) groups excluding carboxylic acids is 1. The standard InChI is InChI=1S/C10H20N2O3S/c1-10(2,3)7(8(13)14)12-9(15)11-5-6-16-4/h7H,5-6H2,1-4H3,(H,13,14)(H2,11,12,15)/t7-/m1/s1. The van der Waals surface area contributed by atoms with Crippen molar-refractivity contribution in [2.24, 2.45) is 5.41 Å². The predicted molar refractivity (Wildman–Crippen MR) is 65.8 cm³/mol. The van der Waals surface area contributed by atoms with E-state index in [1.807, 2.05) is 6.26 Å². The Morgan fingerprint density at radius 3 is 2.31 bits per heavy atom. The minimum atomic E-state index is -1.02. The molecule has 0 spiro atoms. The third-order valence-corrected chi connectivity index (χ3v) is 2.59. The Labute approximate surface area is 100 Å². The highest BCUT2D eigenvalue weighted by Gasteiger charge is 2.32. The van der Waals surface area contributed by atoms with E-state index in [0.29, 0.717) is 6.54 Å². The fourth-order valence-electron chi connectivity index (χ4n) is 1.10. The summed E-state index contributed by atoms with van der Waals surface area (Å²) in [6.07, 6.45) is 1.94. The lowest BCUT2D eigenvalue weighted by Crippen LogP contribution is -2.52. The molecule has 0 fully saturated rings. The van der Waals surface area contributed by atoms with Crippen molar-refractivity contribution in [2.45, 2.75) is 26.8 Å². The first-order valence-electron chi connectivity index (χ1n) is 5.05. The van der Waals surface area contributed by atoms with E-state index >= 15 is 0 Å². The Morgan fingerprint density at radius 2 is 1.94 bits per heavy atom. The normalized spacial score (nSPS) is 13.0. The Bertz CT molecular complexity index is 251. The lowest BCUT2D eigenvalue weighted by atomic mass is 9.87. The van der Waals surface area contributed by atoms with Gasteiger partial charge in [0.1, 0.15) is 6.04 Å². The zero-order valence-corrected chi connectivity index (χ0v) is 11.0. The SMILES string of the molecule is CSCCNC(=O)N[C@H](C(=O)O)C(C)(C)C. The largest absolute Gasteiger partial charge is 0.480 e. The molecule has 5 nitrogen and oxygen atoms in total. The van der Waals surface area contributed by atoms with Crippen LogP contribution in [0.2, 0.25) is 0 Å². The van der Waals surface area contributed by atoms with Crippen molar-refractivity contribution >= 4 is 23.8 Å². The van der Waals surface area contributed by atoms with Gasteiger partial charge in [-0.05, 0) is 11.7 Å². The molecule has 0 heterocycles. The van der Waals surface area contributed by atoms with Crippen molar-refractivity contribution in [3.63, 3.8) is 0 Å². The van der Waals surface area contributed by atoms with E-state index in [1.165, 1.54) is 0 Å². The zero-order valence-electron chi connectivity index (χ0n) is 10.2. The molecule has 0 aromatic heterocycles. The number of rotatable bonds is 5. The molecule has 0 aromatic carbocycles. The topological polar surface area (TPSA) is 78.4 Å². The number of thioether (sulfide) groups is 1. The van der Waals surface area contributed by atoms with E-state index in [4.69, 9.17) is 5.11 Å². The van der Waals surface area contributed by atoms with Crippen molar-refractivity contribution in [2.75, 3.05) is 18.6 Å². The maximum Gasteiger partial charge on any atom is 0.326 e. The van der Waals surface area contributed by atoms with Gasteiger partial charge in [0.05, 0.1) is 0 Å². The molecule has 0 unspecified atom stereocenters. The second-order valence-corrected chi connectivity index (χ2v) is 5.52. The van der Waals surface area contributed by atoms with Gasteiger partial charge >= 0.3 is 12.0 Å². The van der Waals surface area contributed by atoms with Crippen LogP contribution in [0.5, 0.6) is 0 Å². The van der Waals surface area contributed by atoms with E-state index in [0.717, 1.165) is 5.75 Å². The Balaban J connectivity index is 4.21. The summed E-state index contributed by atoms with van der Waals surface area (Å²) in [5, 5.41) is 14.0. The molecular weight excluding hydrogens is 228 g/mol. The number of amides is 2. The Morgan fingerprint density at radius 1 is 1.38 bits per heavy atom. The van der Waals surface area contributed by atoms with Gasteiger partial charge in [0.15, 0.2) is 0 Å². The van der Waals surface area contributed by atoms with Crippen LogP contribution < -0.4 is 10.6 Å². The molecule has 6 heteroatoms. The van der Waals surface area contributed by atoms with Crippen LogP contribution in [0.4, 0.5) is 4.79 Å². The van der Waals surface area contributed by atoms with Gasteiger partial charge in [0.25, 0.3) is 0 Å². The number of nitrogens with one attached hydrogen (secondary N) is 2. The monoisotopic (exact) mass is 248 g/mol. The van der Waals surface area contributed by atoms with Crippen LogP contribution >= 0.6 is 11.8 Å². The van der Waals surface area contributed by atoms with Gasteiger partial charge in [-0.1, -0.05) is 20.8 Å². The highest BCUT2D eigenvalue weighted by molar-refractivity contribution is 7.98. The molecule has 0 aliphatic rings. The fourth-order valence-corrected chi connectivity index (χ4v) is 1.40. The summed E-state index contributed by atoms with van der Waals surface area (Å²) < 4.78 is 0. The second-order valence-electron chi connectivity index (χ2n) is 4.53. The highest BCUT2D eigenvalue weighted by atomic mass is 32.2. The summed E-state index contributed by atoms with van der Waals surface area (Å²) in [4.78, 5) is 22.3. The minimum absolute atomic E-state index is 0.434. The van der Waals surface area contributed by atoms with Gasteiger partial charge in [-0.2, -0.15) is 11.8 Å². The number of carboxylic acids is 1. The van der Waals surface area contributed by atoms with Crippen molar-refractivity contribution in [1.82, 2.24) is 10.6 Å². The molecule has 0 rings (SSSR count).